The molecule has 6 nitrogen and oxygen atoms in total. The van der Waals surface area contributed by atoms with Crippen molar-refractivity contribution in [3.05, 3.63) is 47.9 Å². The number of nitrogens with one attached hydrogen (secondary N) is 2. The summed E-state index contributed by atoms with van der Waals surface area (Å²) in [5.41, 5.74) is 4.37. The number of hydrogen-bond acceptors (Lipinski definition) is 5. The zero-order valence-corrected chi connectivity index (χ0v) is 12.3. The first-order valence-electron chi connectivity index (χ1n) is 6.61. The first kappa shape index (κ1) is 14.9. The van der Waals surface area contributed by atoms with Crippen LogP contribution in [-0.2, 0) is 5.41 Å². The molecule has 0 bridgehead atoms. The normalized spacial score (nSPS) is 11.0. The Hall–Kier alpha value is -2.47. The molecule has 1 amide bonds. The van der Waals surface area contributed by atoms with E-state index in [9.17, 15) is 4.79 Å². The van der Waals surface area contributed by atoms with E-state index in [4.69, 9.17) is 5.84 Å². The second-order valence-corrected chi connectivity index (χ2v) is 5.68. The van der Waals surface area contributed by atoms with Crippen molar-refractivity contribution >= 4 is 17.4 Å². The highest BCUT2D eigenvalue weighted by Crippen LogP contribution is 2.29. The fraction of sp³-hybridized carbons (Fsp3) is 0.267. The number of hydrazine groups is 1. The van der Waals surface area contributed by atoms with Crippen molar-refractivity contribution < 1.29 is 4.79 Å². The first-order valence-corrected chi connectivity index (χ1v) is 6.61. The third-order valence-corrected chi connectivity index (χ3v) is 3.02. The zero-order valence-electron chi connectivity index (χ0n) is 12.3. The van der Waals surface area contributed by atoms with Crippen LogP contribution in [0.5, 0.6) is 0 Å². The predicted octanol–water partition coefficient (Wildman–Crippen LogP) is 2.31. The standard InChI is InChI=1S/C15H19N5O/c1-15(2,3)10-6-4-5-7-11(10)19-14(21)12-8-18-13(20-16)9-17-12/h4-9H,16H2,1-3H3,(H,18,20)(H,19,21). The van der Waals surface area contributed by atoms with Crippen molar-refractivity contribution in [2.75, 3.05) is 10.7 Å². The van der Waals surface area contributed by atoms with Gasteiger partial charge in [0.1, 0.15) is 5.69 Å². The number of nitrogen functional groups attached to an aromatic ring is 1. The molecule has 0 radical (unpaired) electrons. The van der Waals surface area contributed by atoms with Crippen molar-refractivity contribution in [3.63, 3.8) is 0 Å². The van der Waals surface area contributed by atoms with Gasteiger partial charge in [0.05, 0.1) is 12.4 Å². The number of amides is 1. The molecule has 2 rings (SSSR count). The minimum atomic E-state index is -0.303. The van der Waals surface area contributed by atoms with Crippen molar-refractivity contribution in [2.45, 2.75) is 26.2 Å². The molecular weight excluding hydrogens is 266 g/mol. The summed E-state index contributed by atoms with van der Waals surface area (Å²) < 4.78 is 0. The number of carbonyl (C=O) groups is 1. The summed E-state index contributed by atoms with van der Waals surface area (Å²) in [6, 6.07) is 7.72. The third kappa shape index (κ3) is 3.55. The molecule has 1 heterocycles. The van der Waals surface area contributed by atoms with Crippen LogP contribution in [0.15, 0.2) is 36.7 Å². The highest BCUT2D eigenvalue weighted by molar-refractivity contribution is 6.03. The molecule has 0 aliphatic rings. The molecule has 0 saturated carbocycles. The molecule has 0 fully saturated rings. The second kappa shape index (κ2) is 5.88. The highest BCUT2D eigenvalue weighted by atomic mass is 16.1. The van der Waals surface area contributed by atoms with Gasteiger partial charge in [0.15, 0.2) is 5.82 Å². The largest absolute Gasteiger partial charge is 0.320 e. The van der Waals surface area contributed by atoms with Gasteiger partial charge in [0.25, 0.3) is 5.91 Å². The molecule has 1 aromatic carbocycles. The van der Waals surface area contributed by atoms with E-state index in [0.29, 0.717) is 5.82 Å². The van der Waals surface area contributed by atoms with Crippen LogP contribution in [0.3, 0.4) is 0 Å². The van der Waals surface area contributed by atoms with E-state index in [2.05, 4.69) is 41.5 Å². The van der Waals surface area contributed by atoms with Crippen LogP contribution in [0.2, 0.25) is 0 Å². The predicted molar refractivity (Wildman–Crippen MR) is 82.9 cm³/mol. The van der Waals surface area contributed by atoms with Crippen molar-refractivity contribution in [1.82, 2.24) is 9.97 Å². The monoisotopic (exact) mass is 285 g/mol. The molecule has 6 heteroatoms. The number of aromatic nitrogens is 2. The van der Waals surface area contributed by atoms with Crippen molar-refractivity contribution in [2.24, 2.45) is 5.84 Å². The average Bonchev–Trinajstić information content (AvgIpc) is 2.47. The van der Waals surface area contributed by atoms with Gasteiger partial charge in [-0.3, -0.25) is 4.79 Å². The minimum Gasteiger partial charge on any atom is -0.320 e. The zero-order chi connectivity index (χ0) is 15.5. The molecule has 0 aliphatic carbocycles. The topological polar surface area (TPSA) is 92.9 Å². The van der Waals surface area contributed by atoms with E-state index >= 15 is 0 Å². The number of nitrogens with two attached hydrogens (primary N) is 1. The fourth-order valence-corrected chi connectivity index (χ4v) is 1.95. The highest BCUT2D eigenvalue weighted by Gasteiger charge is 2.19. The first-order chi connectivity index (χ1) is 9.91. The molecule has 0 saturated heterocycles. The quantitative estimate of drug-likeness (QED) is 0.594. The third-order valence-electron chi connectivity index (χ3n) is 3.02. The van der Waals surface area contributed by atoms with Gasteiger partial charge in [-0.2, -0.15) is 0 Å². The number of benzene rings is 1. The van der Waals surface area contributed by atoms with Crippen LogP contribution < -0.4 is 16.6 Å². The minimum absolute atomic E-state index is 0.0666. The molecule has 0 aliphatic heterocycles. The molecule has 0 spiro atoms. The van der Waals surface area contributed by atoms with E-state index in [1.807, 2.05) is 24.3 Å². The molecule has 2 aromatic rings. The van der Waals surface area contributed by atoms with Gasteiger partial charge < -0.3 is 10.7 Å². The molecule has 21 heavy (non-hydrogen) atoms. The lowest BCUT2D eigenvalue weighted by Gasteiger charge is -2.22. The van der Waals surface area contributed by atoms with Crippen molar-refractivity contribution in [3.8, 4) is 0 Å². The van der Waals surface area contributed by atoms with E-state index < -0.39 is 0 Å². The Balaban J connectivity index is 2.23. The number of para-hydroxylation sites is 1. The Labute approximate surface area is 123 Å². The number of carbonyl (C=O) groups excluding carboxylic acids is 1. The molecular formula is C15H19N5O. The summed E-state index contributed by atoms with van der Waals surface area (Å²) in [6.07, 6.45) is 2.79. The number of hydrogen-bond donors (Lipinski definition) is 3. The van der Waals surface area contributed by atoms with Gasteiger partial charge in [-0.1, -0.05) is 39.0 Å². The summed E-state index contributed by atoms with van der Waals surface area (Å²) in [7, 11) is 0. The SMILES string of the molecule is CC(C)(C)c1ccccc1NC(=O)c1cnc(NN)cn1. The van der Waals surface area contributed by atoms with E-state index in [0.717, 1.165) is 11.3 Å². The van der Waals surface area contributed by atoms with Gasteiger partial charge in [-0.15, -0.1) is 0 Å². The fourth-order valence-electron chi connectivity index (χ4n) is 1.95. The lowest BCUT2D eigenvalue weighted by Crippen LogP contribution is -2.20. The Kier molecular flexibility index (Phi) is 4.18. The van der Waals surface area contributed by atoms with Gasteiger partial charge >= 0.3 is 0 Å². The number of anilines is 2. The summed E-state index contributed by atoms with van der Waals surface area (Å²) in [4.78, 5) is 20.2. The van der Waals surface area contributed by atoms with Gasteiger partial charge in [0.2, 0.25) is 0 Å². The maximum Gasteiger partial charge on any atom is 0.275 e. The molecule has 1 aromatic heterocycles. The maximum atomic E-state index is 12.2. The van der Waals surface area contributed by atoms with E-state index in [1.54, 1.807) is 0 Å². The van der Waals surface area contributed by atoms with E-state index in [-0.39, 0.29) is 17.0 Å². The van der Waals surface area contributed by atoms with Crippen LogP contribution >= 0.6 is 0 Å². The lowest BCUT2D eigenvalue weighted by atomic mass is 9.86. The lowest BCUT2D eigenvalue weighted by molar-refractivity contribution is 0.102. The van der Waals surface area contributed by atoms with E-state index in [1.165, 1.54) is 12.4 Å². The Morgan fingerprint density at radius 3 is 2.43 bits per heavy atom. The summed E-state index contributed by atoms with van der Waals surface area (Å²) in [5, 5.41) is 2.88. The van der Waals surface area contributed by atoms with Crippen LogP contribution in [0.1, 0.15) is 36.8 Å². The van der Waals surface area contributed by atoms with Gasteiger partial charge in [-0.05, 0) is 17.0 Å². The van der Waals surface area contributed by atoms with Gasteiger partial charge in [-0.25, -0.2) is 15.8 Å². The number of nitrogens with zero attached hydrogens (tertiary/aromatic N) is 2. The Morgan fingerprint density at radius 1 is 1.14 bits per heavy atom. The average molecular weight is 285 g/mol. The molecule has 110 valence electrons. The Morgan fingerprint density at radius 2 is 1.86 bits per heavy atom. The molecule has 0 atom stereocenters. The summed E-state index contributed by atoms with van der Waals surface area (Å²) in [5.74, 6) is 5.32. The van der Waals surface area contributed by atoms with Crippen LogP contribution in [0.25, 0.3) is 0 Å². The smallest absolute Gasteiger partial charge is 0.275 e. The van der Waals surface area contributed by atoms with Gasteiger partial charge in [0, 0.05) is 5.69 Å². The molecule has 0 unspecified atom stereocenters. The van der Waals surface area contributed by atoms with Crippen LogP contribution in [0.4, 0.5) is 11.5 Å². The number of rotatable bonds is 3. The van der Waals surface area contributed by atoms with Crippen molar-refractivity contribution in [1.29, 1.82) is 0 Å². The van der Waals surface area contributed by atoms with Crippen LogP contribution in [0, 0.1) is 0 Å². The molecule has 4 N–H and O–H groups in total. The summed E-state index contributed by atoms with van der Waals surface area (Å²) >= 11 is 0. The van der Waals surface area contributed by atoms with Crippen LogP contribution in [-0.4, -0.2) is 15.9 Å². The maximum absolute atomic E-state index is 12.2. The Bertz CT molecular complexity index is 631. The second-order valence-electron chi connectivity index (χ2n) is 5.68. The summed E-state index contributed by atoms with van der Waals surface area (Å²) in [6.45, 7) is 6.29.